The molecule has 1 aromatic carbocycles. The minimum absolute atomic E-state index is 0.157. The molecule has 3 rings (SSSR count). The van der Waals surface area contributed by atoms with Gasteiger partial charge in [-0.15, -0.1) is 0 Å². The molecule has 0 radical (unpaired) electrons. The van der Waals surface area contributed by atoms with Crippen LogP contribution < -0.4 is 0 Å². The molecule has 21 heavy (non-hydrogen) atoms. The van der Waals surface area contributed by atoms with E-state index in [4.69, 9.17) is 4.74 Å². The van der Waals surface area contributed by atoms with Crippen molar-refractivity contribution in [2.75, 3.05) is 7.11 Å². The lowest BCUT2D eigenvalue weighted by atomic mass is 9.49. The maximum Gasteiger partial charge on any atom is 0.317 e. The highest BCUT2D eigenvalue weighted by molar-refractivity contribution is 5.94. The molecule has 0 heterocycles. The molecule has 3 heteroatoms. The highest BCUT2D eigenvalue weighted by Crippen LogP contribution is 2.56. The number of hydrogen-bond donors (Lipinski definition) is 0. The molecule has 0 N–H and O–H groups in total. The predicted molar refractivity (Wildman–Crippen MR) is 80.0 cm³/mol. The summed E-state index contributed by atoms with van der Waals surface area (Å²) in [6.07, 6.45) is 2.74. The smallest absolute Gasteiger partial charge is 0.317 e. The predicted octanol–water partition coefficient (Wildman–Crippen LogP) is 3.05. The largest absolute Gasteiger partial charge is 0.468 e. The number of Topliss-reactive ketones (excluding diaryl/α,β-unsaturated/α-hetero) is 1. The van der Waals surface area contributed by atoms with Crippen LogP contribution in [-0.2, 0) is 26.2 Å². The number of benzene rings is 1. The molecule has 112 valence electrons. The van der Waals surface area contributed by atoms with E-state index in [2.05, 4.69) is 19.9 Å². The third-order valence-electron chi connectivity index (χ3n) is 5.42. The van der Waals surface area contributed by atoms with Gasteiger partial charge in [0.2, 0.25) is 0 Å². The SMILES string of the molecule is COC(=O)[C@]12CC(=O)CC(C)(C)[C@@H]1CCc1ccccc12. The van der Waals surface area contributed by atoms with Crippen LogP contribution >= 0.6 is 0 Å². The molecule has 2 atom stereocenters. The Kier molecular flexibility index (Phi) is 3.19. The number of hydrogen-bond acceptors (Lipinski definition) is 3. The minimum atomic E-state index is -0.789. The first kappa shape index (κ1) is 14.3. The van der Waals surface area contributed by atoms with Crippen LogP contribution in [0.15, 0.2) is 24.3 Å². The second-order valence-electron chi connectivity index (χ2n) is 7.09. The fourth-order valence-electron chi connectivity index (χ4n) is 4.70. The first-order valence-electron chi connectivity index (χ1n) is 7.60. The quantitative estimate of drug-likeness (QED) is 0.745. The van der Waals surface area contributed by atoms with Gasteiger partial charge in [0.1, 0.15) is 11.2 Å². The molecule has 2 aliphatic rings. The summed E-state index contributed by atoms with van der Waals surface area (Å²) >= 11 is 0. The van der Waals surface area contributed by atoms with Gasteiger partial charge in [0.05, 0.1) is 7.11 Å². The van der Waals surface area contributed by atoms with Crippen LogP contribution in [0.4, 0.5) is 0 Å². The summed E-state index contributed by atoms with van der Waals surface area (Å²) in [5.41, 5.74) is 1.23. The lowest BCUT2D eigenvalue weighted by molar-refractivity contribution is -0.160. The fourth-order valence-corrected chi connectivity index (χ4v) is 4.70. The van der Waals surface area contributed by atoms with Crippen molar-refractivity contribution in [3.63, 3.8) is 0 Å². The average Bonchev–Trinajstić information content (AvgIpc) is 2.44. The number of carbonyl (C=O) groups is 2. The molecule has 0 saturated heterocycles. The van der Waals surface area contributed by atoms with E-state index in [-0.39, 0.29) is 29.5 Å². The molecule has 0 amide bonds. The van der Waals surface area contributed by atoms with Crippen LogP contribution in [0.1, 0.15) is 44.2 Å². The second-order valence-corrected chi connectivity index (χ2v) is 7.09. The Hall–Kier alpha value is -1.64. The van der Waals surface area contributed by atoms with Gasteiger partial charge in [0, 0.05) is 12.8 Å². The summed E-state index contributed by atoms with van der Waals surface area (Å²) in [6.45, 7) is 4.22. The van der Waals surface area contributed by atoms with E-state index in [1.165, 1.54) is 12.7 Å². The number of carbonyl (C=O) groups excluding carboxylic acids is 2. The Morgan fingerprint density at radius 3 is 2.67 bits per heavy atom. The Bertz CT molecular complexity index is 602. The van der Waals surface area contributed by atoms with Crippen molar-refractivity contribution < 1.29 is 14.3 Å². The van der Waals surface area contributed by atoms with Crippen LogP contribution in [0.2, 0.25) is 0 Å². The zero-order chi connectivity index (χ0) is 15.3. The fraction of sp³-hybridized carbons (Fsp3) is 0.556. The molecule has 3 nitrogen and oxygen atoms in total. The molecule has 0 aliphatic heterocycles. The molecule has 1 fully saturated rings. The van der Waals surface area contributed by atoms with Gasteiger partial charge in [-0.25, -0.2) is 0 Å². The number of ether oxygens (including phenoxy) is 1. The van der Waals surface area contributed by atoms with Crippen molar-refractivity contribution in [3.8, 4) is 0 Å². The number of esters is 1. The van der Waals surface area contributed by atoms with E-state index in [1.54, 1.807) is 0 Å². The summed E-state index contributed by atoms with van der Waals surface area (Å²) < 4.78 is 5.16. The van der Waals surface area contributed by atoms with E-state index in [9.17, 15) is 9.59 Å². The summed E-state index contributed by atoms with van der Waals surface area (Å²) in [5, 5.41) is 0. The highest BCUT2D eigenvalue weighted by atomic mass is 16.5. The summed E-state index contributed by atoms with van der Waals surface area (Å²) in [4.78, 5) is 25.1. The number of aryl methyl sites for hydroxylation is 1. The molecule has 1 aromatic rings. The van der Waals surface area contributed by atoms with Crippen molar-refractivity contribution in [1.82, 2.24) is 0 Å². The van der Waals surface area contributed by atoms with Crippen molar-refractivity contribution in [2.45, 2.75) is 44.9 Å². The molecular formula is C18H22O3. The molecule has 2 aliphatic carbocycles. The Morgan fingerprint density at radius 2 is 1.95 bits per heavy atom. The van der Waals surface area contributed by atoms with Crippen LogP contribution in [0.5, 0.6) is 0 Å². The number of fused-ring (bicyclic) bond motifs is 3. The van der Waals surface area contributed by atoms with Gasteiger partial charge in [0.15, 0.2) is 0 Å². The number of rotatable bonds is 1. The van der Waals surface area contributed by atoms with Gasteiger partial charge >= 0.3 is 5.97 Å². The first-order valence-corrected chi connectivity index (χ1v) is 7.60. The number of ketones is 1. The standard InChI is InChI=1S/C18H22O3/c1-17(2)10-13(19)11-18(16(20)21-3)14-7-5-4-6-12(14)8-9-15(17)18/h4-7,15H,8-11H2,1-3H3/t15-,18-/m0/s1. The molecule has 0 unspecified atom stereocenters. The van der Waals surface area contributed by atoms with E-state index in [0.29, 0.717) is 6.42 Å². The van der Waals surface area contributed by atoms with Gasteiger partial charge < -0.3 is 4.74 Å². The van der Waals surface area contributed by atoms with Crippen molar-refractivity contribution in [3.05, 3.63) is 35.4 Å². The Labute approximate surface area is 125 Å². The van der Waals surface area contributed by atoms with Crippen LogP contribution in [0.25, 0.3) is 0 Å². The van der Waals surface area contributed by atoms with E-state index < -0.39 is 5.41 Å². The van der Waals surface area contributed by atoms with Gasteiger partial charge in [-0.2, -0.15) is 0 Å². The van der Waals surface area contributed by atoms with E-state index in [0.717, 1.165) is 18.4 Å². The van der Waals surface area contributed by atoms with Gasteiger partial charge in [0.25, 0.3) is 0 Å². The van der Waals surface area contributed by atoms with Gasteiger partial charge in [-0.3, -0.25) is 9.59 Å². The van der Waals surface area contributed by atoms with Crippen LogP contribution in [0, 0.1) is 11.3 Å². The topological polar surface area (TPSA) is 43.4 Å². The monoisotopic (exact) mass is 286 g/mol. The highest BCUT2D eigenvalue weighted by Gasteiger charge is 2.59. The zero-order valence-corrected chi connectivity index (χ0v) is 12.9. The van der Waals surface area contributed by atoms with Crippen LogP contribution in [-0.4, -0.2) is 18.9 Å². The van der Waals surface area contributed by atoms with Crippen molar-refractivity contribution >= 4 is 11.8 Å². The maximum atomic E-state index is 12.7. The van der Waals surface area contributed by atoms with Crippen molar-refractivity contribution in [1.29, 1.82) is 0 Å². The molecule has 0 bridgehead atoms. The van der Waals surface area contributed by atoms with Gasteiger partial charge in [-0.05, 0) is 35.3 Å². The number of methoxy groups -OCH3 is 1. The minimum Gasteiger partial charge on any atom is -0.468 e. The summed E-state index contributed by atoms with van der Waals surface area (Å²) in [7, 11) is 1.43. The Balaban J connectivity index is 2.25. The van der Waals surface area contributed by atoms with Gasteiger partial charge in [-0.1, -0.05) is 38.1 Å². The second kappa shape index (κ2) is 4.69. The first-order chi connectivity index (χ1) is 9.91. The van der Waals surface area contributed by atoms with Crippen molar-refractivity contribution in [2.24, 2.45) is 11.3 Å². The molecule has 1 saturated carbocycles. The Morgan fingerprint density at radius 1 is 1.24 bits per heavy atom. The lowest BCUT2D eigenvalue weighted by Crippen LogP contribution is -2.57. The lowest BCUT2D eigenvalue weighted by Gasteiger charge is -2.53. The summed E-state index contributed by atoms with van der Waals surface area (Å²) in [6, 6.07) is 8.04. The zero-order valence-electron chi connectivity index (χ0n) is 12.9. The average molecular weight is 286 g/mol. The molecule has 0 spiro atoms. The molecule has 0 aromatic heterocycles. The van der Waals surface area contributed by atoms with E-state index >= 15 is 0 Å². The third kappa shape index (κ3) is 1.94. The van der Waals surface area contributed by atoms with Crippen LogP contribution in [0.3, 0.4) is 0 Å². The third-order valence-corrected chi connectivity index (χ3v) is 5.42. The summed E-state index contributed by atoms with van der Waals surface area (Å²) in [5.74, 6) is 0.0733. The van der Waals surface area contributed by atoms with E-state index in [1.807, 2.05) is 18.2 Å². The molecular weight excluding hydrogens is 264 g/mol. The normalized spacial score (nSPS) is 30.2. The maximum absolute atomic E-state index is 12.7.